The lowest BCUT2D eigenvalue weighted by Gasteiger charge is -2.21. The van der Waals surface area contributed by atoms with Gasteiger partial charge in [0.2, 0.25) is 12.3 Å². The second-order valence-electron chi connectivity index (χ2n) is 6.92. The monoisotopic (exact) mass is 484 g/mol. The molecule has 186 valence electrons. The van der Waals surface area contributed by atoms with Gasteiger partial charge in [-0.1, -0.05) is 35.9 Å². The Morgan fingerprint density at radius 1 is 1.15 bits per heavy atom. The minimum atomic E-state index is -3.17. The van der Waals surface area contributed by atoms with E-state index in [2.05, 4.69) is 17.0 Å². The number of nitrogens with one attached hydrogen (secondary N) is 1. The van der Waals surface area contributed by atoms with E-state index >= 15 is 0 Å². The van der Waals surface area contributed by atoms with Crippen molar-refractivity contribution in [3.8, 4) is 11.5 Å². The number of alkyl halides is 3. The number of rotatable bonds is 6. The van der Waals surface area contributed by atoms with E-state index in [0.717, 1.165) is 16.4 Å². The van der Waals surface area contributed by atoms with Gasteiger partial charge in [-0.15, -0.1) is 0 Å². The van der Waals surface area contributed by atoms with Gasteiger partial charge in [0.05, 0.1) is 20.2 Å². The molecule has 1 aliphatic rings. The van der Waals surface area contributed by atoms with Gasteiger partial charge >= 0.3 is 12.6 Å². The summed E-state index contributed by atoms with van der Waals surface area (Å²) in [7, 11) is 1.18. The topological polar surface area (TPSA) is 105 Å². The molecule has 0 aliphatic carbocycles. The van der Waals surface area contributed by atoms with E-state index in [1.807, 2.05) is 54.6 Å². The van der Waals surface area contributed by atoms with E-state index in [-0.39, 0.29) is 19.5 Å². The standard InChI is InChI=1S/C13H12O.C9H13FN2O4.CH2F2O/c1-11-7-9-13(10-8-11)14-12-5-3-2-4-6-12;1-16-9(15)7-2-6(10)4-12(7)8(14)3-11-5-13;2-1(3)4/h2-10H,1H3;5-7H,2-4H2,1H3,(H,11,13);1,4H. The third-order valence-electron chi connectivity index (χ3n) is 4.38. The van der Waals surface area contributed by atoms with Gasteiger partial charge in [0.1, 0.15) is 23.7 Å². The summed E-state index contributed by atoms with van der Waals surface area (Å²) in [5.41, 5.74) is 1.24. The highest BCUT2D eigenvalue weighted by atomic mass is 19.3. The molecule has 0 bridgehead atoms. The molecule has 8 nitrogen and oxygen atoms in total. The van der Waals surface area contributed by atoms with Crippen LogP contribution < -0.4 is 10.1 Å². The molecular weight excluding hydrogens is 457 g/mol. The third-order valence-corrected chi connectivity index (χ3v) is 4.38. The maximum Gasteiger partial charge on any atom is 0.342 e. The molecule has 1 aliphatic heterocycles. The van der Waals surface area contributed by atoms with Crippen LogP contribution in [-0.2, 0) is 19.1 Å². The van der Waals surface area contributed by atoms with Crippen molar-refractivity contribution in [3.63, 3.8) is 0 Å². The quantitative estimate of drug-likeness (QED) is 0.483. The van der Waals surface area contributed by atoms with E-state index in [4.69, 9.17) is 9.84 Å². The highest BCUT2D eigenvalue weighted by Crippen LogP contribution is 2.22. The molecule has 2 unspecified atom stereocenters. The minimum Gasteiger partial charge on any atom is -0.467 e. The molecule has 0 radical (unpaired) electrons. The van der Waals surface area contributed by atoms with E-state index in [1.54, 1.807) is 0 Å². The normalized spacial score (nSPS) is 16.4. The Balaban J connectivity index is 0.000000296. The number of aliphatic hydroxyl groups is 1. The molecule has 2 aromatic rings. The van der Waals surface area contributed by atoms with Crippen LogP contribution in [-0.4, -0.2) is 67.3 Å². The van der Waals surface area contributed by atoms with Crippen LogP contribution in [0.5, 0.6) is 11.5 Å². The van der Waals surface area contributed by atoms with Crippen LogP contribution in [0.3, 0.4) is 0 Å². The smallest absolute Gasteiger partial charge is 0.342 e. The summed E-state index contributed by atoms with van der Waals surface area (Å²) in [4.78, 5) is 33.9. The summed E-state index contributed by atoms with van der Waals surface area (Å²) in [5.74, 6) is 0.611. The van der Waals surface area contributed by atoms with Crippen molar-refractivity contribution in [2.24, 2.45) is 0 Å². The largest absolute Gasteiger partial charge is 0.467 e. The number of hydrogen-bond donors (Lipinski definition) is 2. The molecule has 2 aromatic carbocycles. The zero-order valence-electron chi connectivity index (χ0n) is 18.7. The number of benzene rings is 2. The van der Waals surface area contributed by atoms with Crippen molar-refractivity contribution in [2.45, 2.75) is 32.2 Å². The number of para-hydroxylation sites is 1. The Bertz CT molecular complexity index is 881. The van der Waals surface area contributed by atoms with Crippen molar-refractivity contribution >= 4 is 18.3 Å². The fourth-order valence-corrected chi connectivity index (χ4v) is 2.88. The summed E-state index contributed by atoms with van der Waals surface area (Å²) in [6.45, 7) is -1.49. The maximum atomic E-state index is 13.1. The molecular formula is C23H27F3N2O6. The highest BCUT2D eigenvalue weighted by molar-refractivity contribution is 5.87. The highest BCUT2D eigenvalue weighted by Gasteiger charge is 2.40. The van der Waals surface area contributed by atoms with E-state index in [9.17, 15) is 27.6 Å². The van der Waals surface area contributed by atoms with Gasteiger partial charge < -0.3 is 24.8 Å². The average Bonchev–Trinajstić information content (AvgIpc) is 3.21. The van der Waals surface area contributed by atoms with Gasteiger partial charge in [-0.25, -0.2) is 9.18 Å². The SMILES string of the molecule is COC(=O)C1CC(F)CN1C(=O)CNC=O.Cc1ccc(Oc2ccccc2)cc1.OC(F)F. The van der Waals surface area contributed by atoms with Crippen molar-refractivity contribution < 1.29 is 42.1 Å². The molecule has 0 aromatic heterocycles. The Morgan fingerprint density at radius 2 is 1.71 bits per heavy atom. The Morgan fingerprint density at radius 3 is 2.24 bits per heavy atom. The molecule has 0 saturated carbocycles. The lowest BCUT2D eigenvalue weighted by Crippen LogP contribution is -2.44. The number of hydrogen-bond acceptors (Lipinski definition) is 6. The van der Waals surface area contributed by atoms with Gasteiger partial charge in [-0.3, -0.25) is 9.59 Å². The fourth-order valence-electron chi connectivity index (χ4n) is 2.88. The lowest BCUT2D eigenvalue weighted by molar-refractivity contribution is -0.150. The first-order valence-corrected chi connectivity index (χ1v) is 10.1. The third kappa shape index (κ3) is 10.8. The zero-order chi connectivity index (χ0) is 25.5. The molecule has 34 heavy (non-hydrogen) atoms. The Hall–Kier alpha value is -3.60. The van der Waals surface area contributed by atoms with Gasteiger partial charge in [0.25, 0.3) is 0 Å². The lowest BCUT2D eigenvalue weighted by atomic mass is 10.2. The molecule has 2 amide bonds. The van der Waals surface area contributed by atoms with Crippen LogP contribution in [0.1, 0.15) is 12.0 Å². The summed E-state index contributed by atoms with van der Waals surface area (Å²) in [6.07, 6.45) is -0.919. The molecule has 0 spiro atoms. The molecule has 11 heteroatoms. The Labute approximate surface area is 195 Å². The van der Waals surface area contributed by atoms with Crippen LogP contribution in [0.25, 0.3) is 0 Å². The summed E-state index contributed by atoms with van der Waals surface area (Å²) in [6, 6.07) is 16.9. The molecule has 3 rings (SSSR count). The summed E-state index contributed by atoms with van der Waals surface area (Å²) < 4.78 is 43.0. The predicted octanol–water partition coefficient (Wildman–Crippen LogP) is 2.83. The molecule has 2 atom stereocenters. The van der Waals surface area contributed by atoms with Crippen LogP contribution in [0.2, 0.25) is 0 Å². The van der Waals surface area contributed by atoms with Gasteiger partial charge in [-0.2, -0.15) is 8.78 Å². The molecule has 1 fully saturated rings. The first-order chi connectivity index (χ1) is 16.2. The van der Waals surface area contributed by atoms with Crippen LogP contribution in [0.4, 0.5) is 13.2 Å². The first kappa shape index (κ1) is 28.4. The number of halogens is 3. The van der Waals surface area contributed by atoms with E-state index in [1.165, 1.54) is 12.7 Å². The van der Waals surface area contributed by atoms with Crippen LogP contribution in [0.15, 0.2) is 54.6 Å². The van der Waals surface area contributed by atoms with Crippen LogP contribution >= 0.6 is 0 Å². The number of nitrogens with zero attached hydrogens (tertiary/aromatic N) is 1. The number of likely N-dealkylation sites (tertiary alicyclic amines) is 1. The first-order valence-electron chi connectivity index (χ1n) is 10.1. The summed E-state index contributed by atoms with van der Waals surface area (Å²) >= 11 is 0. The molecule has 1 heterocycles. The number of esters is 1. The second kappa shape index (κ2) is 15.3. The second-order valence-corrected chi connectivity index (χ2v) is 6.92. The number of amides is 2. The van der Waals surface area contributed by atoms with Crippen LogP contribution in [0, 0.1) is 6.92 Å². The number of carbonyl (C=O) groups is 3. The predicted molar refractivity (Wildman–Crippen MR) is 117 cm³/mol. The summed E-state index contributed by atoms with van der Waals surface area (Å²) in [5, 5.41) is 8.89. The molecule has 2 N–H and O–H groups in total. The average molecular weight is 484 g/mol. The number of aliphatic hydroxyl groups excluding tert-OH is 1. The minimum absolute atomic E-state index is 0.0560. The van der Waals surface area contributed by atoms with E-state index < -0.39 is 30.7 Å². The van der Waals surface area contributed by atoms with Crippen molar-refractivity contribution in [1.29, 1.82) is 0 Å². The van der Waals surface area contributed by atoms with Gasteiger partial charge in [-0.05, 0) is 31.2 Å². The fraction of sp³-hybridized carbons (Fsp3) is 0.348. The van der Waals surface area contributed by atoms with Crippen molar-refractivity contribution in [3.05, 3.63) is 60.2 Å². The van der Waals surface area contributed by atoms with Crippen molar-refractivity contribution in [2.75, 3.05) is 20.2 Å². The molecule has 1 saturated heterocycles. The Kier molecular flexibility index (Phi) is 12.8. The van der Waals surface area contributed by atoms with E-state index in [0.29, 0.717) is 6.41 Å². The maximum absolute atomic E-state index is 13.1. The number of carbonyl (C=O) groups excluding carboxylic acids is 3. The number of ether oxygens (including phenoxy) is 2. The zero-order valence-corrected chi connectivity index (χ0v) is 18.7. The number of methoxy groups -OCH3 is 1. The number of aryl methyl sites for hydroxylation is 1. The van der Waals surface area contributed by atoms with Gasteiger partial charge in [0.15, 0.2) is 0 Å². The van der Waals surface area contributed by atoms with Crippen molar-refractivity contribution in [1.82, 2.24) is 10.2 Å². The van der Waals surface area contributed by atoms with Gasteiger partial charge in [0, 0.05) is 6.42 Å².